The van der Waals surface area contributed by atoms with Crippen LogP contribution >= 0.6 is 0 Å². The van der Waals surface area contributed by atoms with Crippen LogP contribution in [0.5, 0.6) is 0 Å². The summed E-state index contributed by atoms with van der Waals surface area (Å²) in [6.07, 6.45) is 1.45. The summed E-state index contributed by atoms with van der Waals surface area (Å²) in [6, 6.07) is 6.16. The van der Waals surface area contributed by atoms with Crippen molar-refractivity contribution in [3.05, 3.63) is 29.3 Å². The molecule has 1 aromatic rings. The Balaban J connectivity index is 1.63. The van der Waals surface area contributed by atoms with Gasteiger partial charge in [-0.25, -0.2) is 0 Å². The van der Waals surface area contributed by atoms with Gasteiger partial charge in [0.15, 0.2) is 0 Å². The summed E-state index contributed by atoms with van der Waals surface area (Å²) in [4.78, 5) is 26.3. The summed E-state index contributed by atoms with van der Waals surface area (Å²) in [6.45, 7) is 4.04. The molecule has 3 aliphatic heterocycles. The van der Waals surface area contributed by atoms with Crippen molar-refractivity contribution in [2.45, 2.75) is 31.8 Å². The van der Waals surface area contributed by atoms with Gasteiger partial charge in [-0.1, -0.05) is 0 Å². The average Bonchev–Trinajstić information content (AvgIpc) is 3.09. The van der Waals surface area contributed by atoms with Crippen LogP contribution in [0.25, 0.3) is 0 Å². The number of nitrogens with one attached hydrogen (secondary N) is 2. The van der Waals surface area contributed by atoms with Crippen LogP contribution in [0.15, 0.2) is 18.2 Å². The van der Waals surface area contributed by atoms with E-state index in [9.17, 15) is 9.59 Å². The fourth-order valence-corrected chi connectivity index (χ4v) is 4.03. The zero-order valence-corrected chi connectivity index (χ0v) is 12.1. The van der Waals surface area contributed by atoms with E-state index in [0.717, 1.165) is 30.8 Å². The summed E-state index contributed by atoms with van der Waals surface area (Å²) in [7, 11) is 0. The van der Waals surface area contributed by atoms with E-state index in [0.29, 0.717) is 30.0 Å². The van der Waals surface area contributed by atoms with Crippen LogP contribution < -0.4 is 10.6 Å². The zero-order valence-electron chi connectivity index (χ0n) is 12.1. The molecular weight excluding hydrogens is 266 g/mol. The molecule has 4 rings (SSSR count). The smallest absolute Gasteiger partial charge is 0.254 e. The molecule has 0 spiro atoms. The van der Waals surface area contributed by atoms with Crippen molar-refractivity contribution in [2.24, 2.45) is 5.92 Å². The van der Waals surface area contributed by atoms with Gasteiger partial charge < -0.3 is 15.5 Å². The third-order valence-corrected chi connectivity index (χ3v) is 4.99. The molecular formula is C16H19N3O2. The van der Waals surface area contributed by atoms with E-state index < -0.39 is 0 Å². The number of nitrogens with zero attached hydrogens (tertiary/aromatic N) is 1. The van der Waals surface area contributed by atoms with Crippen LogP contribution in [0.2, 0.25) is 0 Å². The van der Waals surface area contributed by atoms with E-state index in [1.807, 2.05) is 23.1 Å². The molecule has 2 amide bonds. The molecule has 3 unspecified atom stereocenters. The molecule has 3 aliphatic rings. The Morgan fingerprint density at radius 2 is 2.19 bits per heavy atom. The Morgan fingerprint density at radius 3 is 3.05 bits per heavy atom. The quantitative estimate of drug-likeness (QED) is 0.809. The summed E-state index contributed by atoms with van der Waals surface area (Å²) in [5.74, 6) is 0.687. The lowest BCUT2D eigenvalue weighted by molar-refractivity contribution is -0.115. The van der Waals surface area contributed by atoms with Gasteiger partial charge in [0.25, 0.3) is 5.91 Å². The van der Waals surface area contributed by atoms with Crippen molar-refractivity contribution in [3.8, 4) is 0 Å². The first-order valence-electron chi connectivity index (χ1n) is 7.59. The van der Waals surface area contributed by atoms with Crippen LogP contribution in [-0.2, 0) is 11.2 Å². The fourth-order valence-electron chi connectivity index (χ4n) is 4.03. The van der Waals surface area contributed by atoms with E-state index in [2.05, 4.69) is 17.6 Å². The second-order valence-electron chi connectivity index (χ2n) is 6.38. The number of hydrogen-bond donors (Lipinski definition) is 2. The minimum absolute atomic E-state index is 0.00389. The number of fused-ring (bicyclic) bond motifs is 2. The number of anilines is 1. The van der Waals surface area contributed by atoms with Gasteiger partial charge in [0.2, 0.25) is 5.91 Å². The third-order valence-electron chi connectivity index (χ3n) is 4.99. The van der Waals surface area contributed by atoms with Crippen molar-refractivity contribution in [3.63, 3.8) is 0 Å². The normalized spacial score (nSPS) is 30.2. The maximum absolute atomic E-state index is 12.9. The van der Waals surface area contributed by atoms with Crippen molar-refractivity contribution >= 4 is 17.5 Å². The molecule has 3 atom stereocenters. The first-order valence-corrected chi connectivity index (χ1v) is 7.59. The average molecular weight is 285 g/mol. The molecule has 2 saturated heterocycles. The van der Waals surface area contributed by atoms with E-state index in [1.165, 1.54) is 0 Å². The van der Waals surface area contributed by atoms with E-state index >= 15 is 0 Å². The minimum Gasteiger partial charge on any atom is -0.331 e. The van der Waals surface area contributed by atoms with E-state index in [1.54, 1.807) is 0 Å². The summed E-state index contributed by atoms with van der Waals surface area (Å²) >= 11 is 0. The summed E-state index contributed by atoms with van der Waals surface area (Å²) in [5, 5.41) is 6.19. The second kappa shape index (κ2) is 4.56. The zero-order chi connectivity index (χ0) is 14.6. The maximum atomic E-state index is 12.9. The lowest BCUT2D eigenvalue weighted by atomic mass is 10.0. The Morgan fingerprint density at radius 1 is 1.33 bits per heavy atom. The van der Waals surface area contributed by atoms with Gasteiger partial charge in [0, 0.05) is 36.4 Å². The molecule has 5 heteroatoms. The van der Waals surface area contributed by atoms with Crippen LogP contribution in [-0.4, -0.2) is 41.9 Å². The van der Waals surface area contributed by atoms with Gasteiger partial charge in [-0.2, -0.15) is 0 Å². The van der Waals surface area contributed by atoms with Gasteiger partial charge in [-0.15, -0.1) is 0 Å². The number of hydrogen-bond acceptors (Lipinski definition) is 3. The van der Waals surface area contributed by atoms with Crippen molar-refractivity contribution in [2.75, 3.05) is 18.4 Å². The van der Waals surface area contributed by atoms with Crippen molar-refractivity contribution in [1.29, 1.82) is 0 Å². The Hall–Kier alpha value is -1.88. The highest BCUT2D eigenvalue weighted by atomic mass is 16.2. The predicted molar refractivity (Wildman–Crippen MR) is 79.2 cm³/mol. The number of benzene rings is 1. The van der Waals surface area contributed by atoms with Crippen LogP contribution in [0, 0.1) is 5.92 Å². The number of carbonyl (C=O) groups is 2. The van der Waals surface area contributed by atoms with Gasteiger partial charge in [0.1, 0.15) is 0 Å². The van der Waals surface area contributed by atoms with Gasteiger partial charge in [0.05, 0.1) is 6.42 Å². The molecule has 2 N–H and O–H groups in total. The lowest BCUT2D eigenvalue weighted by Crippen LogP contribution is -2.42. The van der Waals surface area contributed by atoms with E-state index in [4.69, 9.17) is 0 Å². The van der Waals surface area contributed by atoms with Crippen molar-refractivity contribution in [1.82, 2.24) is 10.2 Å². The highest BCUT2D eigenvalue weighted by molar-refractivity contribution is 6.01. The van der Waals surface area contributed by atoms with Gasteiger partial charge in [-0.3, -0.25) is 9.59 Å². The molecule has 0 saturated carbocycles. The first kappa shape index (κ1) is 12.8. The predicted octanol–water partition coefficient (Wildman–Crippen LogP) is 1.00. The summed E-state index contributed by atoms with van der Waals surface area (Å²) in [5.41, 5.74) is 2.47. The minimum atomic E-state index is 0.00389. The standard InChI is InChI=1S/C16H19N3O2/c1-9-4-12-7-17-8-14(12)19(9)16(21)10-2-3-13-11(5-10)6-15(20)18-13/h2-3,5,9,12,14,17H,4,6-8H2,1H3,(H,18,20). The molecule has 0 aliphatic carbocycles. The first-order chi connectivity index (χ1) is 10.1. The Kier molecular flexibility index (Phi) is 2.79. The molecule has 110 valence electrons. The number of amides is 2. The topological polar surface area (TPSA) is 61.4 Å². The molecule has 21 heavy (non-hydrogen) atoms. The SMILES string of the molecule is CC1CC2CNCC2N1C(=O)c1ccc2c(c1)CC(=O)N2. The lowest BCUT2D eigenvalue weighted by Gasteiger charge is -2.28. The molecule has 0 aromatic heterocycles. The monoisotopic (exact) mass is 285 g/mol. The van der Waals surface area contributed by atoms with Crippen LogP contribution in [0.1, 0.15) is 29.3 Å². The largest absolute Gasteiger partial charge is 0.331 e. The Labute approximate surface area is 123 Å². The molecule has 0 bridgehead atoms. The number of rotatable bonds is 1. The molecule has 5 nitrogen and oxygen atoms in total. The second-order valence-corrected chi connectivity index (χ2v) is 6.38. The number of likely N-dealkylation sites (tertiary alicyclic amines) is 1. The van der Waals surface area contributed by atoms with Crippen LogP contribution in [0.3, 0.4) is 0 Å². The summed E-state index contributed by atoms with van der Waals surface area (Å²) < 4.78 is 0. The maximum Gasteiger partial charge on any atom is 0.254 e. The molecule has 2 fully saturated rings. The van der Waals surface area contributed by atoms with Crippen LogP contribution in [0.4, 0.5) is 5.69 Å². The molecule has 0 radical (unpaired) electrons. The Bertz CT molecular complexity index is 628. The third kappa shape index (κ3) is 1.95. The van der Waals surface area contributed by atoms with Gasteiger partial charge >= 0.3 is 0 Å². The highest BCUT2D eigenvalue weighted by Gasteiger charge is 2.44. The highest BCUT2D eigenvalue weighted by Crippen LogP contribution is 2.34. The number of carbonyl (C=O) groups excluding carboxylic acids is 2. The van der Waals surface area contributed by atoms with Gasteiger partial charge in [-0.05, 0) is 43.0 Å². The van der Waals surface area contributed by atoms with E-state index in [-0.39, 0.29) is 11.8 Å². The molecule has 1 aromatic carbocycles. The molecule has 3 heterocycles. The van der Waals surface area contributed by atoms with Crippen molar-refractivity contribution < 1.29 is 9.59 Å². The fraction of sp³-hybridized carbons (Fsp3) is 0.500.